The molecule has 0 spiro atoms. The molecule has 0 saturated heterocycles. The molecule has 112 valence electrons. The highest BCUT2D eigenvalue weighted by Crippen LogP contribution is 2.35. The third-order valence-electron chi connectivity index (χ3n) is 4.34. The third-order valence-corrected chi connectivity index (χ3v) is 4.34. The van der Waals surface area contributed by atoms with E-state index in [2.05, 4.69) is 41.3 Å². The Labute approximate surface area is 126 Å². The van der Waals surface area contributed by atoms with Gasteiger partial charge in [0.25, 0.3) is 0 Å². The molecule has 3 heteroatoms. The first-order valence-corrected chi connectivity index (χ1v) is 7.93. The van der Waals surface area contributed by atoms with Crippen LogP contribution in [0.5, 0.6) is 0 Å². The Kier molecular flexibility index (Phi) is 4.73. The molecule has 0 radical (unpaired) electrons. The molecule has 3 nitrogen and oxygen atoms in total. The van der Waals surface area contributed by atoms with Crippen molar-refractivity contribution in [3.63, 3.8) is 0 Å². The molecule has 0 saturated carbocycles. The van der Waals surface area contributed by atoms with Crippen LogP contribution in [0.25, 0.3) is 0 Å². The summed E-state index contributed by atoms with van der Waals surface area (Å²) in [5.41, 5.74) is 8.48. The van der Waals surface area contributed by atoms with E-state index < -0.39 is 0 Å². The van der Waals surface area contributed by atoms with Gasteiger partial charge in [-0.1, -0.05) is 30.3 Å². The predicted octanol–water partition coefficient (Wildman–Crippen LogP) is 3.51. The van der Waals surface area contributed by atoms with E-state index in [0.29, 0.717) is 6.04 Å². The van der Waals surface area contributed by atoms with Gasteiger partial charge in [0.1, 0.15) is 5.76 Å². The molecule has 3 rings (SSSR count). The van der Waals surface area contributed by atoms with Crippen LogP contribution in [-0.4, -0.2) is 18.0 Å². The summed E-state index contributed by atoms with van der Waals surface area (Å²) in [5, 5.41) is 0. The van der Waals surface area contributed by atoms with Gasteiger partial charge in [-0.05, 0) is 37.4 Å². The minimum Gasteiger partial charge on any atom is -0.469 e. The average molecular weight is 284 g/mol. The van der Waals surface area contributed by atoms with Gasteiger partial charge in [-0.25, -0.2) is 0 Å². The van der Waals surface area contributed by atoms with Crippen molar-refractivity contribution < 1.29 is 4.42 Å². The maximum atomic E-state index is 5.73. The van der Waals surface area contributed by atoms with E-state index in [1.807, 2.05) is 6.26 Å². The van der Waals surface area contributed by atoms with Crippen LogP contribution in [0, 0.1) is 0 Å². The number of aryl methyl sites for hydroxylation is 1. The molecular weight excluding hydrogens is 260 g/mol. The Morgan fingerprint density at radius 2 is 2.05 bits per heavy atom. The molecule has 0 bridgehead atoms. The van der Waals surface area contributed by atoms with Gasteiger partial charge in [0.2, 0.25) is 0 Å². The van der Waals surface area contributed by atoms with Crippen molar-refractivity contribution in [3.05, 3.63) is 59.5 Å². The quantitative estimate of drug-likeness (QED) is 0.882. The molecule has 1 heterocycles. The number of hydrogen-bond acceptors (Lipinski definition) is 3. The van der Waals surface area contributed by atoms with Gasteiger partial charge in [0, 0.05) is 31.1 Å². The van der Waals surface area contributed by atoms with Gasteiger partial charge in [-0.2, -0.15) is 0 Å². The Balaban J connectivity index is 1.80. The lowest BCUT2D eigenvalue weighted by Gasteiger charge is -2.34. The summed E-state index contributed by atoms with van der Waals surface area (Å²) in [6.45, 7) is 2.77. The molecule has 2 aromatic rings. The topological polar surface area (TPSA) is 42.4 Å². The lowest BCUT2D eigenvalue weighted by Crippen LogP contribution is -2.32. The van der Waals surface area contributed by atoms with Crippen molar-refractivity contribution in [2.45, 2.75) is 38.3 Å². The Bertz CT molecular complexity index is 549. The summed E-state index contributed by atoms with van der Waals surface area (Å²) in [4.78, 5) is 2.57. The van der Waals surface area contributed by atoms with Crippen LogP contribution in [0.3, 0.4) is 0 Å². The number of nitrogens with two attached hydrogens (primary N) is 1. The number of fused-ring (bicyclic) bond motifs is 1. The van der Waals surface area contributed by atoms with Crippen LogP contribution >= 0.6 is 0 Å². The van der Waals surface area contributed by atoms with Crippen LogP contribution in [0.4, 0.5) is 0 Å². The normalized spacial score (nSPS) is 17.9. The molecule has 0 aliphatic heterocycles. The summed E-state index contributed by atoms with van der Waals surface area (Å²) in [6, 6.07) is 13.3. The van der Waals surface area contributed by atoms with E-state index >= 15 is 0 Å². The molecule has 2 N–H and O–H groups in total. The van der Waals surface area contributed by atoms with Crippen LogP contribution < -0.4 is 5.73 Å². The van der Waals surface area contributed by atoms with E-state index in [0.717, 1.165) is 32.5 Å². The van der Waals surface area contributed by atoms with Crippen LogP contribution in [0.2, 0.25) is 0 Å². The zero-order chi connectivity index (χ0) is 14.5. The summed E-state index contributed by atoms with van der Waals surface area (Å²) in [5.74, 6) is 1.18. The maximum Gasteiger partial charge on any atom is 0.108 e. The largest absolute Gasteiger partial charge is 0.469 e. The first-order valence-electron chi connectivity index (χ1n) is 7.93. The van der Waals surface area contributed by atoms with Crippen LogP contribution in [0.1, 0.15) is 42.2 Å². The zero-order valence-corrected chi connectivity index (χ0v) is 12.5. The monoisotopic (exact) mass is 284 g/mol. The molecule has 1 unspecified atom stereocenters. The fourth-order valence-corrected chi connectivity index (χ4v) is 3.30. The maximum absolute atomic E-state index is 5.73. The summed E-state index contributed by atoms with van der Waals surface area (Å²) in [6.07, 6.45) is 6.38. The standard InChI is InChI=1S/C18H24N2O/c19-11-5-12-20(14-15-6-2-1-3-7-15)17-8-4-9-18-16(17)10-13-21-18/h1-3,6-7,10,13,17H,4-5,8-9,11-12,14,19H2. The molecule has 0 amide bonds. The Hall–Kier alpha value is -1.58. The molecule has 1 aliphatic carbocycles. The van der Waals surface area contributed by atoms with Crippen molar-refractivity contribution in [1.82, 2.24) is 4.90 Å². The highest BCUT2D eigenvalue weighted by atomic mass is 16.3. The van der Waals surface area contributed by atoms with Gasteiger partial charge in [0.15, 0.2) is 0 Å². The SMILES string of the molecule is NCCCN(Cc1ccccc1)C1CCCc2occc21. The fraction of sp³-hybridized carbons (Fsp3) is 0.444. The van der Waals surface area contributed by atoms with Crippen molar-refractivity contribution in [2.75, 3.05) is 13.1 Å². The van der Waals surface area contributed by atoms with Gasteiger partial charge in [-0.3, -0.25) is 4.90 Å². The van der Waals surface area contributed by atoms with E-state index in [1.165, 1.54) is 29.7 Å². The van der Waals surface area contributed by atoms with E-state index in [-0.39, 0.29) is 0 Å². The predicted molar refractivity (Wildman–Crippen MR) is 84.9 cm³/mol. The number of furan rings is 1. The van der Waals surface area contributed by atoms with E-state index in [1.54, 1.807) is 0 Å². The van der Waals surface area contributed by atoms with Crippen molar-refractivity contribution in [2.24, 2.45) is 5.73 Å². The second-order valence-electron chi connectivity index (χ2n) is 5.81. The van der Waals surface area contributed by atoms with Gasteiger partial charge >= 0.3 is 0 Å². The van der Waals surface area contributed by atoms with Crippen LogP contribution in [0.15, 0.2) is 47.1 Å². The molecule has 1 aromatic carbocycles. The third kappa shape index (κ3) is 3.36. The summed E-state index contributed by atoms with van der Waals surface area (Å²) >= 11 is 0. The fourth-order valence-electron chi connectivity index (χ4n) is 3.30. The van der Waals surface area contributed by atoms with Crippen molar-refractivity contribution in [3.8, 4) is 0 Å². The molecule has 21 heavy (non-hydrogen) atoms. The van der Waals surface area contributed by atoms with Crippen molar-refractivity contribution >= 4 is 0 Å². The Morgan fingerprint density at radius 1 is 1.19 bits per heavy atom. The Morgan fingerprint density at radius 3 is 2.86 bits per heavy atom. The number of nitrogens with zero attached hydrogens (tertiary/aromatic N) is 1. The van der Waals surface area contributed by atoms with Crippen molar-refractivity contribution in [1.29, 1.82) is 0 Å². The molecular formula is C18H24N2O. The molecule has 1 atom stereocenters. The first-order chi connectivity index (χ1) is 10.4. The smallest absolute Gasteiger partial charge is 0.108 e. The summed E-state index contributed by atoms with van der Waals surface area (Å²) < 4.78 is 5.64. The molecule has 1 aliphatic rings. The first kappa shape index (κ1) is 14.4. The van der Waals surface area contributed by atoms with Gasteiger partial charge in [-0.15, -0.1) is 0 Å². The second kappa shape index (κ2) is 6.92. The van der Waals surface area contributed by atoms with E-state index in [4.69, 9.17) is 10.2 Å². The zero-order valence-electron chi connectivity index (χ0n) is 12.5. The minimum absolute atomic E-state index is 0.472. The number of rotatable bonds is 6. The molecule has 1 aromatic heterocycles. The summed E-state index contributed by atoms with van der Waals surface area (Å²) in [7, 11) is 0. The van der Waals surface area contributed by atoms with Crippen LogP contribution in [-0.2, 0) is 13.0 Å². The highest BCUT2D eigenvalue weighted by molar-refractivity contribution is 5.25. The minimum atomic E-state index is 0.472. The van der Waals surface area contributed by atoms with E-state index in [9.17, 15) is 0 Å². The number of hydrogen-bond donors (Lipinski definition) is 1. The lowest BCUT2D eigenvalue weighted by molar-refractivity contribution is 0.165. The van der Waals surface area contributed by atoms with Gasteiger partial charge in [0.05, 0.1) is 6.26 Å². The lowest BCUT2D eigenvalue weighted by atomic mass is 9.91. The second-order valence-corrected chi connectivity index (χ2v) is 5.81. The average Bonchev–Trinajstić information content (AvgIpc) is 3.01. The molecule has 0 fully saturated rings. The van der Waals surface area contributed by atoms with Gasteiger partial charge < -0.3 is 10.2 Å². The highest BCUT2D eigenvalue weighted by Gasteiger charge is 2.27. The number of benzene rings is 1.